The maximum absolute atomic E-state index is 13.0. The molecule has 0 saturated heterocycles. The normalized spacial score (nSPS) is 10.3. The Kier molecular flexibility index (Phi) is 3.51. The lowest BCUT2D eigenvalue weighted by Crippen LogP contribution is -2.07. The number of halogens is 1. The molecule has 3 nitrogen and oxygen atoms in total. The van der Waals surface area contributed by atoms with Gasteiger partial charge < -0.3 is 10.5 Å². The van der Waals surface area contributed by atoms with Crippen molar-refractivity contribution in [3.05, 3.63) is 58.9 Å². The predicted molar refractivity (Wildman–Crippen MR) is 72.0 cm³/mol. The number of ketones is 1. The van der Waals surface area contributed by atoms with Crippen LogP contribution < -0.4 is 10.5 Å². The first-order valence-corrected chi connectivity index (χ1v) is 5.77. The summed E-state index contributed by atoms with van der Waals surface area (Å²) in [6, 6.07) is 8.93. The molecule has 0 aromatic heterocycles. The summed E-state index contributed by atoms with van der Waals surface area (Å²) in [4.78, 5) is 12.4. The van der Waals surface area contributed by atoms with Gasteiger partial charge in [0.25, 0.3) is 0 Å². The molecule has 19 heavy (non-hydrogen) atoms. The van der Waals surface area contributed by atoms with Crippen LogP contribution in [0.2, 0.25) is 0 Å². The van der Waals surface area contributed by atoms with Gasteiger partial charge in [0.2, 0.25) is 0 Å². The number of aryl methyl sites for hydroxylation is 1. The molecule has 4 heteroatoms. The monoisotopic (exact) mass is 259 g/mol. The number of nitrogen functional groups attached to an aromatic ring is 1. The summed E-state index contributed by atoms with van der Waals surface area (Å²) in [5.41, 5.74) is 7.59. The van der Waals surface area contributed by atoms with E-state index in [0.717, 1.165) is 0 Å². The summed E-state index contributed by atoms with van der Waals surface area (Å²) >= 11 is 0. The molecule has 0 aliphatic rings. The van der Waals surface area contributed by atoms with Crippen molar-refractivity contribution >= 4 is 11.5 Å². The molecule has 0 saturated carbocycles. The third-order valence-corrected chi connectivity index (χ3v) is 2.94. The van der Waals surface area contributed by atoms with E-state index in [-0.39, 0.29) is 11.6 Å². The Balaban J connectivity index is 2.44. The van der Waals surface area contributed by atoms with Crippen LogP contribution in [0.1, 0.15) is 21.5 Å². The van der Waals surface area contributed by atoms with Gasteiger partial charge in [-0.2, -0.15) is 0 Å². The number of benzene rings is 2. The SMILES string of the molecule is COc1ccc(C(=O)c2ccc(F)cc2C)c(N)c1. The van der Waals surface area contributed by atoms with E-state index >= 15 is 0 Å². The minimum absolute atomic E-state index is 0.224. The third-order valence-electron chi connectivity index (χ3n) is 2.94. The Morgan fingerprint density at radius 3 is 2.42 bits per heavy atom. The van der Waals surface area contributed by atoms with Gasteiger partial charge in [0, 0.05) is 22.9 Å². The van der Waals surface area contributed by atoms with Crippen molar-refractivity contribution in [3.63, 3.8) is 0 Å². The minimum atomic E-state index is -0.364. The highest BCUT2D eigenvalue weighted by molar-refractivity contribution is 6.12. The van der Waals surface area contributed by atoms with Crippen LogP contribution in [0, 0.1) is 12.7 Å². The molecule has 0 unspecified atom stereocenters. The number of carbonyl (C=O) groups excluding carboxylic acids is 1. The largest absolute Gasteiger partial charge is 0.497 e. The molecule has 0 spiro atoms. The molecular weight excluding hydrogens is 245 g/mol. The molecule has 2 aromatic rings. The Morgan fingerprint density at radius 1 is 1.16 bits per heavy atom. The topological polar surface area (TPSA) is 52.3 Å². The summed E-state index contributed by atoms with van der Waals surface area (Å²) in [6.07, 6.45) is 0. The number of nitrogens with two attached hydrogens (primary N) is 1. The van der Waals surface area contributed by atoms with Crippen LogP contribution >= 0.6 is 0 Å². The van der Waals surface area contributed by atoms with E-state index in [1.54, 1.807) is 25.1 Å². The van der Waals surface area contributed by atoms with Crippen molar-refractivity contribution in [2.24, 2.45) is 0 Å². The maximum Gasteiger partial charge on any atom is 0.195 e. The van der Waals surface area contributed by atoms with E-state index in [0.29, 0.717) is 28.1 Å². The Bertz CT molecular complexity index is 638. The van der Waals surface area contributed by atoms with Gasteiger partial charge in [-0.15, -0.1) is 0 Å². The van der Waals surface area contributed by atoms with Crippen molar-refractivity contribution in [2.75, 3.05) is 12.8 Å². The van der Waals surface area contributed by atoms with Crippen LogP contribution in [0.4, 0.5) is 10.1 Å². The lowest BCUT2D eigenvalue weighted by molar-refractivity contribution is 0.103. The molecule has 0 amide bonds. The van der Waals surface area contributed by atoms with Crippen LogP contribution in [-0.4, -0.2) is 12.9 Å². The number of methoxy groups -OCH3 is 1. The zero-order valence-electron chi connectivity index (χ0n) is 10.7. The second-order valence-corrected chi connectivity index (χ2v) is 4.24. The first kappa shape index (κ1) is 13.1. The summed E-state index contributed by atoms with van der Waals surface area (Å²) in [5, 5.41) is 0. The zero-order valence-corrected chi connectivity index (χ0v) is 10.7. The number of anilines is 1. The zero-order chi connectivity index (χ0) is 14.0. The summed E-state index contributed by atoms with van der Waals surface area (Å²) in [7, 11) is 1.53. The maximum atomic E-state index is 13.0. The predicted octanol–water partition coefficient (Wildman–Crippen LogP) is 2.96. The Morgan fingerprint density at radius 2 is 1.84 bits per heavy atom. The number of carbonyl (C=O) groups is 1. The van der Waals surface area contributed by atoms with Crippen molar-refractivity contribution in [3.8, 4) is 5.75 Å². The Labute approximate surface area is 110 Å². The van der Waals surface area contributed by atoms with Gasteiger partial charge in [0.1, 0.15) is 11.6 Å². The fraction of sp³-hybridized carbons (Fsp3) is 0.133. The van der Waals surface area contributed by atoms with E-state index in [9.17, 15) is 9.18 Å². The van der Waals surface area contributed by atoms with Crippen LogP contribution in [0.5, 0.6) is 5.75 Å². The van der Waals surface area contributed by atoms with E-state index in [1.807, 2.05) is 0 Å². The van der Waals surface area contributed by atoms with E-state index in [4.69, 9.17) is 10.5 Å². The fourth-order valence-corrected chi connectivity index (χ4v) is 1.90. The van der Waals surface area contributed by atoms with Crippen molar-refractivity contribution in [1.82, 2.24) is 0 Å². The van der Waals surface area contributed by atoms with Gasteiger partial charge in [-0.1, -0.05) is 0 Å². The molecule has 0 radical (unpaired) electrons. The van der Waals surface area contributed by atoms with Crippen LogP contribution in [0.15, 0.2) is 36.4 Å². The molecule has 0 fully saturated rings. The van der Waals surface area contributed by atoms with E-state index in [1.165, 1.54) is 25.3 Å². The summed E-state index contributed by atoms with van der Waals surface area (Å²) in [5.74, 6) is -0.000663. The number of rotatable bonds is 3. The molecular formula is C15H14FNO2. The molecule has 98 valence electrons. The van der Waals surface area contributed by atoms with Crippen LogP contribution in [-0.2, 0) is 0 Å². The first-order valence-electron chi connectivity index (χ1n) is 5.77. The van der Waals surface area contributed by atoms with Gasteiger partial charge in [0.05, 0.1) is 7.11 Å². The second-order valence-electron chi connectivity index (χ2n) is 4.24. The number of hydrogen-bond acceptors (Lipinski definition) is 3. The van der Waals surface area contributed by atoms with Crippen molar-refractivity contribution in [1.29, 1.82) is 0 Å². The molecule has 0 bridgehead atoms. The highest BCUT2D eigenvalue weighted by Crippen LogP contribution is 2.23. The highest BCUT2D eigenvalue weighted by atomic mass is 19.1. The average molecular weight is 259 g/mol. The van der Waals surface area contributed by atoms with Crippen molar-refractivity contribution < 1.29 is 13.9 Å². The molecule has 2 aromatic carbocycles. The van der Waals surface area contributed by atoms with Crippen molar-refractivity contribution in [2.45, 2.75) is 6.92 Å². The number of hydrogen-bond donors (Lipinski definition) is 1. The lowest BCUT2D eigenvalue weighted by Gasteiger charge is -2.09. The quantitative estimate of drug-likeness (QED) is 0.681. The lowest BCUT2D eigenvalue weighted by atomic mass is 9.98. The van der Waals surface area contributed by atoms with E-state index < -0.39 is 0 Å². The molecule has 0 heterocycles. The van der Waals surface area contributed by atoms with Gasteiger partial charge in [-0.25, -0.2) is 4.39 Å². The van der Waals surface area contributed by atoms with Crippen LogP contribution in [0.25, 0.3) is 0 Å². The highest BCUT2D eigenvalue weighted by Gasteiger charge is 2.15. The minimum Gasteiger partial charge on any atom is -0.497 e. The summed E-state index contributed by atoms with van der Waals surface area (Å²) in [6.45, 7) is 1.69. The smallest absolute Gasteiger partial charge is 0.195 e. The van der Waals surface area contributed by atoms with Gasteiger partial charge in [-0.3, -0.25) is 4.79 Å². The molecule has 0 atom stereocenters. The van der Waals surface area contributed by atoms with E-state index in [2.05, 4.69) is 0 Å². The van der Waals surface area contributed by atoms with Gasteiger partial charge in [-0.05, 0) is 42.8 Å². The van der Waals surface area contributed by atoms with Crippen LogP contribution in [0.3, 0.4) is 0 Å². The molecule has 2 N–H and O–H groups in total. The molecule has 2 rings (SSSR count). The summed E-state index contributed by atoms with van der Waals surface area (Å²) < 4.78 is 18.1. The first-order chi connectivity index (χ1) is 9.02. The molecule has 0 aliphatic heterocycles. The Hall–Kier alpha value is -2.36. The fourth-order valence-electron chi connectivity index (χ4n) is 1.90. The molecule has 0 aliphatic carbocycles. The average Bonchev–Trinajstić information content (AvgIpc) is 2.37. The second kappa shape index (κ2) is 5.10. The van der Waals surface area contributed by atoms with Gasteiger partial charge >= 0.3 is 0 Å². The standard InChI is InChI=1S/C15H14FNO2/c1-9-7-10(16)3-5-12(9)15(18)13-6-4-11(19-2)8-14(13)17/h3-8H,17H2,1-2H3. The van der Waals surface area contributed by atoms with Gasteiger partial charge in [0.15, 0.2) is 5.78 Å². The third kappa shape index (κ3) is 2.57. The number of ether oxygens (including phenoxy) is 1.